The number of fused-ring (bicyclic) bond motifs is 1. The van der Waals surface area contributed by atoms with Crippen LogP contribution < -0.4 is 15.0 Å². The molecule has 3 rings (SSSR count). The number of anilines is 2. The number of aryl methyl sites for hydroxylation is 1. The van der Waals surface area contributed by atoms with E-state index >= 15 is 0 Å². The van der Waals surface area contributed by atoms with Gasteiger partial charge in [-0.2, -0.15) is 0 Å². The van der Waals surface area contributed by atoms with Crippen molar-refractivity contribution in [2.75, 3.05) is 50.6 Å². The van der Waals surface area contributed by atoms with Crippen molar-refractivity contribution < 1.29 is 19.1 Å². The first-order chi connectivity index (χ1) is 13.2. The zero-order chi connectivity index (χ0) is 20.5. The number of likely N-dealkylation sites (N-methyl/N-ethyl adjacent to an activating group) is 1. The minimum Gasteiger partial charge on any atom is -0.495 e. The third kappa shape index (κ3) is 4.58. The highest BCUT2D eigenvalue weighted by atomic mass is 16.6. The van der Waals surface area contributed by atoms with Gasteiger partial charge in [-0.3, -0.25) is 9.59 Å². The maximum absolute atomic E-state index is 12.7. The summed E-state index contributed by atoms with van der Waals surface area (Å²) in [6, 6.07) is 3.97. The van der Waals surface area contributed by atoms with Crippen molar-refractivity contribution in [3.8, 4) is 5.75 Å². The summed E-state index contributed by atoms with van der Waals surface area (Å²) in [6.45, 7) is 9.27. The highest BCUT2D eigenvalue weighted by molar-refractivity contribution is 6.06. The van der Waals surface area contributed by atoms with Gasteiger partial charge in [-0.1, -0.05) is 0 Å². The first-order valence-electron chi connectivity index (χ1n) is 9.86. The van der Waals surface area contributed by atoms with Gasteiger partial charge in [0.05, 0.1) is 12.8 Å². The predicted octanol–water partition coefficient (Wildman–Crippen LogP) is 2.29. The van der Waals surface area contributed by atoms with E-state index in [-0.39, 0.29) is 5.91 Å². The molecule has 0 bridgehead atoms. The quantitative estimate of drug-likeness (QED) is 0.632. The van der Waals surface area contributed by atoms with E-state index in [1.165, 1.54) is 0 Å². The van der Waals surface area contributed by atoms with Gasteiger partial charge >= 0.3 is 5.97 Å². The maximum Gasteiger partial charge on any atom is 0.319 e. The fourth-order valence-electron chi connectivity index (χ4n) is 3.64. The molecule has 1 aromatic rings. The smallest absolute Gasteiger partial charge is 0.319 e. The molecular weight excluding hydrogens is 358 g/mol. The number of nitrogens with one attached hydrogen (secondary N) is 1. The molecule has 7 nitrogen and oxygen atoms in total. The van der Waals surface area contributed by atoms with E-state index in [2.05, 4.69) is 28.2 Å². The summed E-state index contributed by atoms with van der Waals surface area (Å²) in [7, 11) is 3.77. The SMILES string of the molecule is COc1cc2c(cc1N1CCN(C)CC1)CCC(C(=O)OC(C)(C)C)C(=O)N2. The molecule has 2 heterocycles. The number of methoxy groups -OCH3 is 1. The lowest BCUT2D eigenvalue weighted by Gasteiger charge is -2.35. The Labute approximate surface area is 167 Å². The summed E-state index contributed by atoms with van der Waals surface area (Å²) in [4.78, 5) is 29.8. The van der Waals surface area contributed by atoms with Crippen molar-refractivity contribution in [1.82, 2.24) is 4.90 Å². The topological polar surface area (TPSA) is 71.1 Å². The summed E-state index contributed by atoms with van der Waals surface area (Å²) in [5.74, 6) is -0.851. The van der Waals surface area contributed by atoms with Gasteiger partial charge in [-0.25, -0.2) is 0 Å². The van der Waals surface area contributed by atoms with Crippen LogP contribution in [-0.2, 0) is 20.7 Å². The van der Waals surface area contributed by atoms with Gasteiger partial charge in [-0.05, 0) is 52.3 Å². The van der Waals surface area contributed by atoms with Crippen LogP contribution in [0.1, 0.15) is 32.8 Å². The molecular formula is C21H31N3O4. The molecule has 0 saturated carbocycles. The Kier molecular flexibility index (Phi) is 5.84. The number of hydrogen-bond donors (Lipinski definition) is 1. The largest absolute Gasteiger partial charge is 0.495 e. The van der Waals surface area contributed by atoms with Crippen LogP contribution in [0.5, 0.6) is 5.75 Å². The second-order valence-corrected chi connectivity index (χ2v) is 8.59. The average molecular weight is 389 g/mol. The Morgan fingerprint density at radius 2 is 1.86 bits per heavy atom. The lowest BCUT2D eigenvalue weighted by Crippen LogP contribution is -2.44. The summed E-state index contributed by atoms with van der Waals surface area (Å²) in [5.41, 5.74) is 2.16. The molecule has 28 heavy (non-hydrogen) atoms. The van der Waals surface area contributed by atoms with Crippen LogP contribution in [0.3, 0.4) is 0 Å². The normalized spacial score (nSPS) is 20.8. The van der Waals surface area contributed by atoms with Crippen LogP contribution in [0.2, 0.25) is 0 Å². The molecule has 154 valence electrons. The Hall–Kier alpha value is -2.28. The third-order valence-electron chi connectivity index (χ3n) is 5.22. The van der Waals surface area contributed by atoms with Crippen LogP contribution in [-0.4, -0.2) is 62.7 Å². The molecule has 7 heteroatoms. The fourth-order valence-corrected chi connectivity index (χ4v) is 3.64. The summed E-state index contributed by atoms with van der Waals surface area (Å²) < 4.78 is 11.0. The van der Waals surface area contributed by atoms with Crippen molar-refractivity contribution in [1.29, 1.82) is 0 Å². The van der Waals surface area contributed by atoms with Crippen molar-refractivity contribution in [3.05, 3.63) is 17.7 Å². The number of piperazine rings is 1. The van der Waals surface area contributed by atoms with E-state index in [1.54, 1.807) is 27.9 Å². The molecule has 1 N–H and O–H groups in total. The Bertz CT molecular complexity index is 749. The van der Waals surface area contributed by atoms with E-state index in [9.17, 15) is 9.59 Å². The molecule has 1 aromatic carbocycles. The van der Waals surface area contributed by atoms with Crippen LogP contribution in [0, 0.1) is 5.92 Å². The fraction of sp³-hybridized carbons (Fsp3) is 0.619. The molecule has 2 aliphatic heterocycles. The molecule has 1 unspecified atom stereocenters. The van der Waals surface area contributed by atoms with Gasteiger partial charge in [0, 0.05) is 37.9 Å². The first-order valence-corrected chi connectivity index (χ1v) is 9.86. The van der Waals surface area contributed by atoms with E-state index in [0.717, 1.165) is 43.2 Å². The van der Waals surface area contributed by atoms with Gasteiger partial charge in [0.2, 0.25) is 5.91 Å². The predicted molar refractivity (Wildman–Crippen MR) is 109 cm³/mol. The maximum atomic E-state index is 12.7. The Balaban J connectivity index is 1.83. The summed E-state index contributed by atoms with van der Waals surface area (Å²) in [6.07, 6.45) is 1.06. The standard InChI is InChI=1S/C21H31N3O4/c1-21(2,3)28-20(26)15-7-6-14-12-17(24-10-8-23(4)9-11-24)18(27-5)13-16(14)22-19(15)25/h12-13,15H,6-11H2,1-5H3,(H,22,25). The van der Waals surface area contributed by atoms with E-state index in [0.29, 0.717) is 18.5 Å². The lowest BCUT2D eigenvalue weighted by molar-refractivity contribution is -0.161. The minimum atomic E-state index is -0.801. The average Bonchev–Trinajstić information content (AvgIpc) is 2.77. The van der Waals surface area contributed by atoms with Gasteiger partial charge in [0.15, 0.2) is 0 Å². The number of rotatable bonds is 3. The highest BCUT2D eigenvalue weighted by Gasteiger charge is 2.34. The second kappa shape index (κ2) is 7.99. The van der Waals surface area contributed by atoms with Crippen molar-refractivity contribution in [3.63, 3.8) is 0 Å². The number of nitrogens with zero attached hydrogens (tertiary/aromatic N) is 2. The van der Waals surface area contributed by atoms with Crippen LogP contribution in [0.15, 0.2) is 12.1 Å². The summed E-state index contributed by atoms with van der Waals surface area (Å²) >= 11 is 0. The minimum absolute atomic E-state index is 0.317. The third-order valence-corrected chi connectivity index (χ3v) is 5.22. The van der Waals surface area contributed by atoms with Crippen LogP contribution in [0.25, 0.3) is 0 Å². The van der Waals surface area contributed by atoms with Gasteiger partial charge < -0.3 is 24.6 Å². The number of carbonyl (C=O) groups is 2. The van der Waals surface area contributed by atoms with E-state index in [1.807, 2.05) is 6.07 Å². The van der Waals surface area contributed by atoms with Crippen molar-refractivity contribution >= 4 is 23.3 Å². The zero-order valence-electron chi connectivity index (χ0n) is 17.5. The summed E-state index contributed by atoms with van der Waals surface area (Å²) in [5, 5.41) is 2.90. The van der Waals surface area contributed by atoms with Crippen molar-refractivity contribution in [2.45, 2.75) is 39.2 Å². The number of carbonyl (C=O) groups excluding carboxylic acids is 2. The Morgan fingerprint density at radius 3 is 2.46 bits per heavy atom. The monoisotopic (exact) mass is 389 g/mol. The molecule has 2 aliphatic rings. The Morgan fingerprint density at radius 1 is 1.18 bits per heavy atom. The number of benzene rings is 1. The lowest BCUT2D eigenvalue weighted by atomic mass is 9.99. The van der Waals surface area contributed by atoms with Crippen LogP contribution >= 0.6 is 0 Å². The van der Waals surface area contributed by atoms with Crippen molar-refractivity contribution in [2.24, 2.45) is 5.92 Å². The first kappa shape index (κ1) is 20.5. The second-order valence-electron chi connectivity index (χ2n) is 8.59. The molecule has 1 fully saturated rings. The molecule has 0 aliphatic carbocycles. The van der Waals surface area contributed by atoms with Gasteiger partial charge in [-0.15, -0.1) is 0 Å². The molecule has 0 spiro atoms. The number of esters is 1. The molecule has 0 aromatic heterocycles. The molecule has 1 atom stereocenters. The van der Waals surface area contributed by atoms with E-state index in [4.69, 9.17) is 9.47 Å². The number of hydrogen-bond acceptors (Lipinski definition) is 6. The van der Waals surface area contributed by atoms with E-state index < -0.39 is 17.5 Å². The van der Waals surface area contributed by atoms with Crippen LogP contribution in [0.4, 0.5) is 11.4 Å². The number of ether oxygens (including phenoxy) is 2. The molecule has 1 saturated heterocycles. The highest BCUT2D eigenvalue weighted by Crippen LogP contribution is 2.37. The van der Waals surface area contributed by atoms with Gasteiger partial charge in [0.1, 0.15) is 17.3 Å². The zero-order valence-corrected chi connectivity index (χ0v) is 17.5. The number of amides is 1. The molecule has 1 amide bonds. The van der Waals surface area contributed by atoms with Gasteiger partial charge in [0.25, 0.3) is 0 Å². The molecule has 0 radical (unpaired) electrons.